The van der Waals surface area contributed by atoms with Gasteiger partial charge in [0.05, 0.1) is 49.1 Å². The summed E-state index contributed by atoms with van der Waals surface area (Å²) in [6.07, 6.45) is 4.39. The number of aliphatic hydroxyl groups excluding tert-OH is 1. The summed E-state index contributed by atoms with van der Waals surface area (Å²) in [4.78, 5) is 15.5. The van der Waals surface area contributed by atoms with Gasteiger partial charge in [-0.3, -0.25) is 9.35 Å². The molecule has 0 amide bonds. The zero-order valence-electron chi connectivity index (χ0n) is 25.7. The number of ketones is 1. The third-order valence-electron chi connectivity index (χ3n) is 8.87. The van der Waals surface area contributed by atoms with Crippen molar-refractivity contribution in [3.05, 3.63) is 88.3 Å². The number of hydrogen-bond donors (Lipinski definition) is 2. The van der Waals surface area contributed by atoms with E-state index in [9.17, 15) is 22.9 Å². The molecule has 0 fully saturated rings. The van der Waals surface area contributed by atoms with Crippen LogP contribution in [0.5, 0.6) is 0 Å². The van der Waals surface area contributed by atoms with Gasteiger partial charge in [0.1, 0.15) is 12.8 Å². The Morgan fingerprint density at radius 2 is 1.64 bits per heavy atom. The Hall–Kier alpha value is -3.53. The molecule has 3 aliphatic rings. The normalized spacial score (nSPS) is 21.4. The smallest absolute Gasteiger partial charge is 0.294 e. The van der Waals surface area contributed by atoms with Crippen LogP contribution < -0.4 is 4.90 Å². The van der Waals surface area contributed by atoms with Gasteiger partial charge in [0.2, 0.25) is 11.5 Å². The van der Waals surface area contributed by atoms with Crippen LogP contribution in [0.2, 0.25) is 0 Å². The zero-order chi connectivity index (χ0) is 31.0. The average Bonchev–Trinajstić information content (AvgIpc) is 3.22. The molecule has 2 aromatic rings. The Kier molecular flexibility index (Phi) is 6.96. The van der Waals surface area contributed by atoms with E-state index in [4.69, 9.17) is 0 Å². The lowest BCUT2D eigenvalue weighted by Gasteiger charge is -2.30. The lowest BCUT2D eigenvalue weighted by atomic mass is 9.77. The highest BCUT2D eigenvalue weighted by molar-refractivity contribution is 7.85. The van der Waals surface area contributed by atoms with Crippen molar-refractivity contribution in [3.8, 4) is 0 Å². The number of nitrogens with zero attached hydrogens (tertiary/aromatic N) is 3. The summed E-state index contributed by atoms with van der Waals surface area (Å²) in [5, 5.41) is 11.2. The lowest BCUT2D eigenvalue weighted by Crippen LogP contribution is -2.37. The van der Waals surface area contributed by atoms with Crippen molar-refractivity contribution in [2.45, 2.75) is 49.8 Å². The maximum Gasteiger partial charge on any atom is 0.294 e. The lowest BCUT2D eigenvalue weighted by molar-refractivity contribution is -0.870. The molecular formula is C33H41N3O5S+2. The highest BCUT2D eigenvalue weighted by Crippen LogP contribution is 2.50. The molecule has 2 aliphatic heterocycles. The minimum Gasteiger partial charge on any atom is -0.506 e. The highest BCUT2D eigenvalue weighted by atomic mass is 32.2. The molecule has 0 aromatic heterocycles. The molecule has 42 heavy (non-hydrogen) atoms. The molecule has 0 radical (unpaired) electrons. The second-order valence-electron chi connectivity index (χ2n) is 13.6. The number of anilines is 1. The van der Waals surface area contributed by atoms with Gasteiger partial charge in [-0.05, 0) is 43.7 Å². The van der Waals surface area contributed by atoms with Gasteiger partial charge < -0.3 is 14.5 Å². The van der Waals surface area contributed by atoms with E-state index in [1.807, 2.05) is 33.0 Å². The third-order valence-corrected chi connectivity index (χ3v) is 9.72. The summed E-state index contributed by atoms with van der Waals surface area (Å²) < 4.78 is 36.5. The number of quaternary nitrogens is 1. The molecule has 0 saturated heterocycles. The van der Waals surface area contributed by atoms with Crippen LogP contribution in [0.4, 0.5) is 11.4 Å². The zero-order valence-corrected chi connectivity index (χ0v) is 26.5. The standard InChI is InChI=1S/C33H39N3O5S/c1-32(2)24-12-9-10-13-26(24)34(5)28(32)19-22-30(37)23(31(22)38)20-29-33(3,4)25-18-21(42(39,40)41)14-15-27(25)35(29)16-11-17-36(6,7)8/h9-10,12-15,18-20H,11,16-17H2,1-8H3/p+2. The van der Waals surface area contributed by atoms with Gasteiger partial charge in [0, 0.05) is 47.5 Å². The van der Waals surface area contributed by atoms with E-state index < -0.39 is 15.5 Å². The molecule has 0 saturated carbocycles. The quantitative estimate of drug-likeness (QED) is 0.203. The van der Waals surface area contributed by atoms with Crippen molar-refractivity contribution in [3.63, 3.8) is 0 Å². The van der Waals surface area contributed by atoms with E-state index in [1.54, 1.807) is 18.2 Å². The van der Waals surface area contributed by atoms with Gasteiger partial charge in [-0.15, -0.1) is 0 Å². The first-order valence-corrected chi connectivity index (χ1v) is 15.6. The second-order valence-corrected chi connectivity index (χ2v) is 15.0. The number of carbonyl (C=O) groups excluding carboxylic acids is 1. The van der Waals surface area contributed by atoms with Crippen molar-refractivity contribution < 1.29 is 31.9 Å². The number of fused-ring (bicyclic) bond motifs is 2. The summed E-state index contributed by atoms with van der Waals surface area (Å²) in [5.41, 5.74) is 5.01. The molecule has 0 atom stereocenters. The highest BCUT2D eigenvalue weighted by Gasteiger charge is 2.46. The monoisotopic (exact) mass is 591 g/mol. The Balaban J connectivity index is 1.57. The minimum absolute atomic E-state index is 0.0446. The van der Waals surface area contributed by atoms with Crippen LogP contribution in [-0.4, -0.2) is 79.9 Å². The van der Waals surface area contributed by atoms with Gasteiger partial charge in [0.15, 0.2) is 5.71 Å². The van der Waals surface area contributed by atoms with Gasteiger partial charge >= 0.3 is 0 Å². The topological polar surface area (TPSA) is 97.9 Å². The van der Waals surface area contributed by atoms with Crippen molar-refractivity contribution in [2.24, 2.45) is 0 Å². The number of aliphatic hydroxyl groups is 1. The SMILES string of the molecule is C[N+]1=C(/C=C2\C(=O)C(/C=C3/N(CCC[N+](C)(C)C)c4ccc(S(=O)(=O)O)cc4C3(C)C)=C2O)C(C)(C)c2ccccc21. The molecule has 8 nitrogen and oxygen atoms in total. The van der Waals surface area contributed by atoms with E-state index in [2.05, 4.69) is 56.6 Å². The average molecular weight is 592 g/mol. The summed E-state index contributed by atoms with van der Waals surface area (Å²) in [6, 6.07) is 12.8. The van der Waals surface area contributed by atoms with Crippen molar-refractivity contribution in [1.82, 2.24) is 0 Å². The fraction of sp³-hybridized carbons (Fsp3) is 0.394. The number of allylic oxidation sites excluding steroid dienone is 5. The van der Waals surface area contributed by atoms with Gasteiger partial charge in [-0.25, -0.2) is 0 Å². The fourth-order valence-electron chi connectivity index (χ4n) is 6.46. The van der Waals surface area contributed by atoms with Crippen LogP contribution in [0.3, 0.4) is 0 Å². The van der Waals surface area contributed by atoms with E-state index in [0.29, 0.717) is 6.54 Å². The predicted octanol–water partition coefficient (Wildman–Crippen LogP) is 5.04. The second kappa shape index (κ2) is 9.76. The molecule has 0 unspecified atom stereocenters. The number of hydrogen-bond acceptors (Lipinski definition) is 5. The van der Waals surface area contributed by atoms with Crippen molar-refractivity contribution in [1.29, 1.82) is 0 Å². The number of benzene rings is 2. The van der Waals surface area contributed by atoms with Crippen LogP contribution in [0, 0.1) is 0 Å². The predicted molar refractivity (Wildman–Crippen MR) is 165 cm³/mol. The van der Waals surface area contributed by atoms with Crippen LogP contribution >= 0.6 is 0 Å². The number of para-hydroxylation sites is 1. The fourth-order valence-corrected chi connectivity index (χ4v) is 6.97. The maximum absolute atomic E-state index is 13.6. The van der Waals surface area contributed by atoms with Gasteiger partial charge in [-0.1, -0.05) is 32.0 Å². The van der Waals surface area contributed by atoms with Crippen LogP contribution in [0.15, 0.2) is 82.1 Å². The van der Waals surface area contributed by atoms with Crippen LogP contribution in [0.25, 0.3) is 0 Å². The van der Waals surface area contributed by atoms with Crippen LogP contribution in [0.1, 0.15) is 45.2 Å². The van der Waals surface area contributed by atoms with Gasteiger partial charge in [0.25, 0.3) is 10.1 Å². The van der Waals surface area contributed by atoms with E-state index in [-0.39, 0.29) is 33.0 Å². The Morgan fingerprint density at radius 1 is 0.976 bits per heavy atom. The first kappa shape index (κ1) is 29.9. The van der Waals surface area contributed by atoms with Crippen LogP contribution in [-0.2, 0) is 25.7 Å². The summed E-state index contributed by atoms with van der Waals surface area (Å²) in [7, 11) is 3.96. The molecule has 2 aromatic carbocycles. The Bertz CT molecular complexity index is 1750. The van der Waals surface area contributed by atoms with E-state index in [0.717, 1.165) is 51.4 Å². The largest absolute Gasteiger partial charge is 0.506 e. The Labute approximate surface area is 248 Å². The maximum atomic E-state index is 13.6. The number of carbonyl (C=O) groups is 1. The van der Waals surface area contributed by atoms with Crippen molar-refractivity contribution in [2.75, 3.05) is 46.2 Å². The molecule has 1 aliphatic carbocycles. The third kappa shape index (κ3) is 4.83. The number of Topliss-reactive ketones (excluding diaryl/α,β-unsaturated/α-hetero) is 1. The van der Waals surface area contributed by atoms with Gasteiger partial charge in [-0.2, -0.15) is 13.0 Å². The molecule has 0 spiro atoms. The first-order valence-electron chi connectivity index (χ1n) is 14.2. The van der Waals surface area contributed by atoms with E-state index in [1.165, 1.54) is 12.1 Å². The first-order chi connectivity index (χ1) is 19.4. The molecule has 2 heterocycles. The number of rotatable bonds is 7. The molecule has 0 bridgehead atoms. The Morgan fingerprint density at radius 3 is 2.24 bits per heavy atom. The van der Waals surface area contributed by atoms with E-state index >= 15 is 0 Å². The molecular weight excluding hydrogens is 550 g/mol. The minimum atomic E-state index is -4.39. The molecule has 2 N–H and O–H groups in total. The summed E-state index contributed by atoms with van der Waals surface area (Å²) >= 11 is 0. The summed E-state index contributed by atoms with van der Waals surface area (Å²) in [5.74, 6) is -0.277. The summed E-state index contributed by atoms with van der Waals surface area (Å²) in [6.45, 7) is 9.71. The van der Waals surface area contributed by atoms with Crippen molar-refractivity contribution >= 4 is 33.0 Å². The molecule has 5 rings (SSSR count). The molecule has 9 heteroatoms. The molecule has 222 valence electrons.